The van der Waals surface area contributed by atoms with Crippen LogP contribution in [-0.2, 0) is 27.7 Å². The van der Waals surface area contributed by atoms with E-state index in [1.807, 2.05) is 6.07 Å². The maximum Gasteiger partial charge on any atom is 0.335 e. The molecule has 2 aromatic carbocycles. The number of aromatic nitrogens is 1. The average Bonchev–Trinajstić information content (AvgIpc) is 3.07. The molecular formula is C21H21N3O5S2. The minimum atomic E-state index is -3.86. The molecule has 0 unspecified atom stereocenters. The number of rotatable bonds is 8. The van der Waals surface area contributed by atoms with Crippen molar-refractivity contribution in [2.24, 2.45) is 0 Å². The molecule has 1 amide bonds. The van der Waals surface area contributed by atoms with Crippen molar-refractivity contribution in [1.82, 2.24) is 4.98 Å². The van der Waals surface area contributed by atoms with Crippen molar-refractivity contribution in [2.75, 3.05) is 10.0 Å². The summed E-state index contributed by atoms with van der Waals surface area (Å²) >= 11 is 0.894. The fourth-order valence-electron chi connectivity index (χ4n) is 2.93. The summed E-state index contributed by atoms with van der Waals surface area (Å²) in [6.07, 6.45) is 1.35. The van der Waals surface area contributed by atoms with Gasteiger partial charge >= 0.3 is 5.97 Å². The van der Waals surface area contributed by atoms with Gasteiger partial charge in [-0.15, -0.1) is 0 Å². The molecule has 0 bridgehead atoms. The van der Waals surface area contributed by atoms with Gasteiger partial charge in [-0.05, 0) is 55.2 Å². The second-order valence-corrected chi connectivity index (χ2v) is 9.76. The molecule has 0 fully saturated rings. The fourth-order valence-corrected chi connectivity index (χ4v) is 5.44. The lowest BCUT2D eigenvalue weighted by Gasteiger charge is -2.09. The number of hydrogen-bond acceptors (Lipinski definition) is 6. The van der Waals surface area contributed by atoms with E-state index in [0.717, 1.165) is 22.5 Å². The normalized spacial score (nSPS) is 11.2. The van der Waals surface area contributed by atoms with Gasteiger partial charge in [0.1, 0.15) is 0 Å². The van der Waals surface area contributed by atoms with Gasteiger partial charge in [0.15, 0.2) is 9.34 Å². The highest BCUT2D eigenvalue weighted by Gasteiger charge is 2.22. The Labute approximate surface area is 184 Å². The number of carboxylic acids is 1. The van der Waals surface area contributed by atoms with E-state index in [4.69, 9.17) is 5.11 Å². The maximum absolute atomic E-state index is 12.8. The second-order valence-electron chi connectivity index (χ2n) is 6.88. The number of nitrogens with zero attached hydrogens (tertiary/aromatic N) is 1. The Kier molecular flexibility index (Phi) is 6.71. The molecular weight excluding hydrogens is 438 g/mol. The summed E-state index contributed by atoms with van der Waals surface area (Å²) in [7, 11) is -3.86. The minimum absolute atomic E-state index is 0.0418. The van der Waals surface area contributed by atoms with Gasteiger partial charge in [-0.3, -0.25) is 9.52 Å². The Morgan fingerprint density at radius 1 is 1.06 bits per heavy atom. The molecule has 0 radical (unpaired) electrons. The van der Waals surface area contributed by atoms with Gasteiger partial charge in [0.2, 0.25) is 5.91 Å². The summed E-state index contributed by atoms with van der Waals surface area (Å²) in [6.45, 7) is 2.90. The summed E-state index contributed by atoms with van der Waals surface area (Å²) in [5, 5.41) is 11.7. The van der Waals surface area contributed by atoms with Gasteiger partial charge in [0.25, 0.3) is 10.0 Å². The molecule has 10 heteroatoms. The number of hydrogen-bond donors (Lipinski definition) is 3. The number of carbonyl (C=O) groups excluding carboxylic acids is 1. The number of amides is 1. The third-order valence-corrected chi connectivity index (χ3v) is 7.43. The summed E-state index contributed by atoms with van der Waals surface area (Å²) < 4.78 is 28.2. The second kappa shape index (κ2) is 9.27. The maximum atomic E-state index is 12.8. The predicted molar refractivity (Wildman–Crippen MR) is 119 cm³/mol. The first-order valence-electron chi connectivity index (χ1n) is 9.33. The molecule has 31 heavy (non-hydrogen) atoms. The first kappa shape index (κ1) is 22.4. The third kappa shape index (κ3) is 5.89. The van der Waals surface area contributed by atoms with E-state index in [0.29, 0.717) is 24.2 Å². The van der Waals surface area contributed by atoms with Gasteiger partial charge in [-0.25, -0.2) is 18.2 Å². The number of carboxylic acid groups (broad SMARTS) is 1. The molecule has 0 aliphatic rings. The van der Waals surface area contributed by atoms with Crippen LogP contribution in [0.3, 0.4) is 0 Å². The molecule has 0 saturated heterocycles. The van der Waals surface area contributed by atoms with Crippen LogP contribution in [0.1, 0.15) is 34.1 Å². The van der Waals surface area contributed by atoms with Crippen LogP contribution >= 0.6 is 11.3 Å². The summed E-state index contributed by atoms with van der Waals surface area (Å²) in [4.78, 5) is 26.2. The number of anilines is 2. The van der Waals surface area contributed by atoms with E-state index in [2.05, 4.69) is 15.0 Å². The lowest BCUT2D eigenvalue weighted by molar-refractivity contribution is -0.114. The van der Waals surface area contributed by atoms with Crippen molar-refractivity contribution in [3.63, 3.8) is 0 Å². The Hall–Kier alpha value is -3.24. The van der Waals surface area contributed by atoms with Crippen molar-refractivity contribution in [3.05, 3.63) is 70.9 Å². The van der Waals surface area contributed by atoms with Crippen LogP contribution in [0, 0.1) is 6.92 Å². The van der Waals surface area contributed by atoms with Gasteiger partial charge in [-0.2, -0.15) is 0 Å². The molecule has 162 valence electrons. The molecule has 3 rings (SSSR count). The van der Waals surface area contributed by atoms with E-state index in [-0.39, 0.29) is 20.8 Å². The third-order valence-electron chi connectivity index (χ3n) is 4.36. The fraction of sp³-hybridized carbons (Fsp3) is 0.190. The molecule has 8 nitrogen and oxygen atoms in total. The number of aryl methyl sites for hydroxylation is 3. The zero-order chi connectivity index (χ0) is 22.6. The lowest BCUT2D eigenvalue weighted by atomic mass is 10.0. The van der Waals surface area contributed by atoms with E-state index in [9.17, 15) is 18.0 Å². The van der Waals surface area contributed by atoms with Crippen LogP contribution in [0.25, 0.3) is 0 Å². The molecule has 0 atom stereocenters. The number of carbonyl (C=O) groups is 2. The Morgan fingerprint density at radius 2 is 1.74 bits per heavy atom. The van der Waals surface area contributed by atoms with Crippen molar-refractivity contribution >= 4 is 44.1 Å². The molecule has 0 aliphatic heterocycles. The van der Waals surface area contributed by atoms with Crippen LogP contribution in [0.5, 0.6) is 0 Å². The summed E-state index contributed by atoms with van der Waals surface area (Å²) in [5.41, 5.74) is 2.89. The van der Waals surface area contributed by atoms with Crippen LogP contribution in [0.4, 0.5) is 10.8 Å². The average molecular weight is 460 g/mol. The molecule has 3 N–H and O–H groups in total. The standard InChI is InChI=1S/C21H21N3O5S2/c1-13-20(30-21(22-13)23-14(2)25)31(28,29)24-18-5-3-4-16(12-18)7-6-15-8-10-17(11-9-15)19(26)27/h3-5,8-12,24H,6-7H2,1-2H3,(H,26,27)(H,22,23,25). The first-order valence-corrected chi connectivity index (χ1v) is 11.6. The number of benzene rings is 2. The molecule has 1 aromatic heterocycles. The first-order chi connectivity index (χ1) is 14.6. The quantitative estimate of drug-likeness (QED) is 0.472. The van der Waals surface area contributed by atoms with Crippen molar-refractivity contribution in [2.45, 2.75) is 30.9 Å². The van der Waals surface area contributed by atoms with Crippen molar-refractivity contribution in [3.8, 4) is 0 Å². The van der Waals surface area contributed by atoms with Crippen molar-refractivity contribution < 1.29 is 23.1 Å². The van der Waals surface area contributed by atoms with Gasteiger partial charge in [0, 0.05) is 12.6 Å². The van der Waals surface area contributed by atoms with E-state index in [1.165, 1.54) is 6.92 Å². The van der Waals surface area contributed by atoms with Gasteiger partial charge < -0.3 is 10.4 Å². The number of sulfonamides is 1. The van der Waals surface area contributed by atoms with Crippen molar-refractivity contribution in [1.29, 1.82) is 0 Å². The zero-order valence-corrected chi connectivity index (χ0v) is 18.5. The Balaban J connectivity index is 1.70. The van der Waals surface area contributed by atoms with Crippen LogP contribution in [0.15, 0.2) is 52.7 Å². The zero-order valence-electron chi connectivity index (χ0n) is 16.9. The highest BCUT2D eigenvalue weighted by Crippen LogP contribution is 2.29. The number of aromatic carboxylic acids is 1. The Bertz CT molecular complexity index is 1220. The van der Waals surface area contributed by atoms with Crippen LogP contribution in [-0.4, -0.2) is 30.4 Å². The molecule has 0 spiro atoms. The van der Waals surface area contributed by atoms with Crippen LogP contribution < -0.4 is 10.0 Å². The highest BCUT2D eigenvalue weighted by atomic mass is 32.2. The smallest absolute Gasteiger partial charge is 0.335 e. The lowest BCUT2D eigenvalue weighted by Crippen LogP contribution is -2.12. The summed E-state index contributed by atoms with van der Waals surface area (Å²) in [5.74, 6) is -1.29. The van der Waals surface area contributed by atoms with E-state index >= 15 is 0 Å². The Morgan fingerprint density at radius 3 is 2.39 bits per heavy atom. The molecule has 0 saturated carbocycles. The van der Waals surface area contributed by atoms with Crippen LogP contribution in [0.2, 0.25) is 0 Å². The number of nitrogens with one attached hydrogen (secondary N) is 2. The van der Waals surface area contributed by atoms with E-state index < -0.39 is 16.0 Å². The molecule has 1 heterocycles. The predicted octanol–water partition coefficient (Wildman–Crippen LogP) is 3.69. The minimum Gasteiger partial charge on any atom is -0.478 e. The molecule has 3 aromatic rings. The largest absolute Gasteiger partial charge is 0.478 e. The number of thiazole rings is 1. The SMILES string of the molecule is CC(=O)Nc1nc(C)c(S(=O)(=O)Nc2cccc(CCc3ccc(C(=O)O)cc3)c2)s1. The van der Waals surface area contributed by atoms with Gasteiger partial charge in [0.05, 0.1) is 11.3 Å². The highest BCUT2D eigenvalue weighted by molar-refractivity contribution is 7.94. The van der Waals surface area contributed by atoms with E-state index in [1.54, 1.807) is 49.4 Å². The summed E-state index contributed by atoms with van der Waals surface area (Å²) in [6, 6.07) is 13.8. The van der Waals surface area contributed by atoms with Gasteiger partial charge in [-0.1, -0.05) is 35.6 Å². The topological polar surface area (TPSA) is 125 Å². The monoisotopic (exact) mass is 459 g/mol. The molecule has 0 aliphatic carbocycles.